The van der Waals surface area contributed by atoms with Gasteiger partial charge in [0.25, 0.3) is 16.1 Å². The molecule has 4 saturated heterocycles. The standard InChI is InChI=1S/C22H33N5O4S/c1-2-26-18-7-8-19(26)13-25(12-18)32(29,30)27-16-5-6-17(27)10-15(9-16)23-22(28)20-11-21(31-24-20)14-3-4-14/h11,14-19H,2-10,12-13H2,1H3,(H,23,28)/t15?,16-,17+,18?,19?. The van der Waals surface area contributed by atoms with Crippen LogP contribution in [0.3, 0.4) is 0 Å². The molecule has 4 aliphatic heterocycles. The van der Waals surface area contributed by atoms with E-state index >= 15 is 0 Å². The van der Waals surface area contributed by atoms with Crippen LogP contribution in [0.25, 0.3) is 0 Å². The van der Waals surface area contributed by atoms with Crippen LogP contribution in [0.2, 0.25) is 0 Å². The zero-order valence-corrected chi connectivity index (χ0v) is 19.5. The van der Waals surface area contributed by atoms with Crippen molar-refractivity contribution in [3.8, 4) is 0 Å². The number of hydrogen-bond donors (Lipinski definition) is 1. The minimum Gasteiger partial charge on any atom is -0.360 e. The van der Waals surface area contributed by atoms with E-state index in [1.807, 2.05) is 0 Å². The monoisotopic (exact) mass is 463 g/mol. The van der Waals surface area contributed by atoms with E-state index < -0.39 is 10.2 Å². The van der Waals surface area contributed by atoms with Gasteiger partial charge in [0.05, 0.1) is 0 Å². The number of hydrogen-bond acceptors (Lipinski definition) is 6. The molecule has 1 aromatic heterocycles. The van der Waals surface area contributed by atoms with Gasteiger partial charge in [0.2, 0.25) is 0 Å². The lowest BCUT2D eigenvalue weighted by Gasteiger charge is -2.44. The number of fused-ring (bicyclic) bond motifs is 4. The fourth-order valence-corrected chi connectivity index (χ4v) is 8.76. The molecule has 1 aromatic rings. The summed E-state index contributed by atoms with van der Waals surface area (Å²) in [5.41, 5.74) is 0.332. The number of piperidine rings is 1. The highest BCUT2D eigenvalue weighted by atomic mass is 32.2. The Balaban J connectivity index is 1.12. The van der Waals surface area contributed by atoms with Gasteiger partial charge < -0.3 is 9.84 Å². The molecule has 10 heteroatoms. The largest absolute Gasteiger partial charge is 0.360 e. The van der Waals surface area contributed by atoms with Gasteiger partial charge in [-0.15, -0.1) is 0 Å². The van der Waals surface area contributed by atoms with Gasteiger partial charge in [-0.25, -0.2) is 0 Å². The topological polar surface area (TPSA) is 99.0 Å². The Morgan fingerprint density at radius 1 is 1.06 bits per heavy atom. The molecule has 3 unspecified atom stereocenters. The minimum absolute atomic E-state index is 0.0272. The molecule has 9 nitrogen and oxygen atoms in total. The number of carbonyl (C=O) groups is 1. The second-order valence-corrected chi connectivity index (χ2v) is 12.1. The first-order chi connectivity index (χ1) is 15.4. The van der Waals surface area contributed by atoms with E-state index in [1.165, 1.54) is 0 Å². The van der Waals surface area contributed by atoms with Crippen LogP contribution in [-0.2, 0) is 10.2 Å². The minimum atomic E-state index is -3.48. The summed E-state index contributed by atoms with van der Waals surface area (Å²) in [5.74, 6) is 1.00. The maximum Gasteiger partial charge on any atom is 0.282 e. The highest BCUT2D eigenvalue weighted by molar-refractivity contribution is 7.86. The Morgan fingerprint density at radius 2 is 1.69 bits per heavy atom. The number of carbonyl (C=O) groups excluding carboxylic acids is 1. The van der Waals surface area contributed by atoms with Crippen LogP contribution in [0.5, 0.6) is 0 Å². The fourth-order valence-electron chi connectivity index (χ4n) is 6.63. The quantitative estimate of drug-likeness (QED) is 0.689. The van der Waals surface area contributed by atoms with E-state index in [-0.39, 0.29) is 24.0 Å². The predicted molar refractivity (Wildman–Crippen MR) is 117 cm³/mol. The van der Waals surface area contributed by atoms with Crippen molar-refractivity contribution in [2.45, 2.75) is 94.4 Å². The first-order valence-corrected chi connectivity index (χ1v) is 13.7. The Labute approximate surface area is 189 Å². The second-order valence-electron chi connectivity index (χ2n) is 10.3. The fraction of sp³-hybridized carbons (Fsp3) is 0.818. The number of rotatable bonds is 6. The third-order valence-electron chi connectivity index (χ3n) is 8.30. The van der Waals surface area contributed by atoms with Gasteiger partial charge in [0.1, 0.15) is 5.76 Å². The van der Waals surface area contributed by atoms with Crippen molar-refractivity contribution in [2.75, 3.05) is 19.6 Å². The summed E-state index contributed by atoms with van der Waals surface area (Å²) in [7, 11) is -3.48. The molecule has 5 atom stereocenters. The first kappa shape index (κ1) is 21.1. The van der Waals surface area contributed by atoms with Crippen LogP contribution < -0.4 is 5.32 Å². The van der Waals surface area contributed by atoms with Crippen molar-refractivity contribution in [2.24, 2.45) is 0 Å². The van der Waals surface area contributed by atoms with Crippen molar-refractivity contribution in [1.82, 2.24) is 24.0 Å². The molecular weight excluding hydrogens is 430 g/mol. The third-order valence-corrected chi connectivity index (χ3v) is 10.4. The molecule has 0 radical (unpaired) electrons. The Morgan fingerprint density at radius 3 is 2.28 bits per heavy atom. The highest BCUT2D eigenvalue weighted by Crippen LogP contribution is 2.41. The SMILES string of the molecule is CCN1C2CCC1CN(S(=O)(=O)N1[C@@H]3CC[C@H]1CC(NC(=O)c1cc(C4CC4)on1)C3)C2. The molecule has 1 saturated carbocycles. The predicted octanol–water partition coefficient (Wildman–Crippen LogP) is 1.69. The highest BCUT2D eigenvalue weighted by Gasteiger charge is 2.51. The lowest BCUT2D eigenvalue weighted by atomic mass is 9.99. The summed E-state index contributed by atoms with van der Waals surface area (Å²) >= 11 is 0. The molecule has 176 valence electrons. The summed E-state index contributed by atoms with van der Waals surface area (Å²) in [6.07, 6.45) is 7.45. The van der Waals surface area contributed by atoms with Crippen molar-refractivity contribution in [3.63, 3.8) is 0 Å². The van der Waals surface area contributed by atoms with Crippen LogP contribution in [0.1, 0.15) is 80.5 Å². The van der Waals surface area contributed by atoms with Gasteiger partial charge in [0.15, 0.2) is 5.69 Å². The summed E-state index contributed by atoms with van der Waals surface area (Å²) in [4.78, 5) is 15.2. The Kier molecular flexibility index (Phi) is 5.13. The molecule has 1 N–H and O–H groups in total. The first-order valence-electron chi connectivity index (χ1n) is 12.3. The third kappa shape index (κ3) is 3.50. The van der Waals surface area contributed by atoms with Gasteiger partial charge in [0, 0.05) is 55.3 Å². The van der Waals surface area contributed by atoms with E-state index in [0.717, 1.165) is 50.8 Å². The summed E-state index contributed by atoms with van der Waals surface area (Å²) in [6, 6.07) is 2.36. The number of piperazine rings is 1. The molecule has 6 rings (SSSR count). The molecule has 5 heterocycles. The van der Waals surface area contributed by atoms with E-state index in [0.29, 0.717) is 49.6 Å². The Bertz CT molecular complexity index is 964. The zero-order chi connectivity index (χ0) is 22.0. The van der Waals surface area contributed by atoms with E-state index in [9.17, 15) is 13.2 Å². The average Bonchev–Trinajstić information content (AvgIpc) is 3.35. The molecule has 0 aromatic carbocycles. The number of aromatic nitrogens is 1. The van der Waals surface area contributed by atoms with E-state index in [2.05, 4.69) is 22.3 Å². The maximum absolute atomic E-state index is 13.7. The normalized spacial score (nSPS) is 36.0. The molecule has 1 aliphatic carbocycles. The van der Waals surface area contributed by atoms with Crippen molar-refractivity contribution >= 4 is 16.1 Å². The van der Waals surface area contributed by atoms with Crippen LogP contribution in [0, 0.1) is 0 Å². The molecule has 1 amide bonds. The molecule has 5 fully saturated rings. The average molecular weight is 464 g/mol. The van der Waals surface area contributed by atoms with Gasteiger partial charge >= 0.3 is 0 Å². The number of likely N-dealkylation sites (N-methyl/N-ethyl adjacent to an activating group) is 1. The van der Waals surface area contributed by atoms with E-state index in [1.54, 1.807) is 14.7 Å². The maximum atomic E-state index is 13.7. The lowest BCUT2D eigenvalue weighted by molar-refractivity contribution is 0.0886. The van der Waals surface area contributed by atoms with Gasteiger partial charge in [-0.1, -0.05) is 12.1 Å². The van der Waals surface area contributed by atoms with Crippen LogP contribution in [0.15, 0.2) is 10.6 Å². The zero-order valence-electron chi connectivity index (χ0n) is 18.6. The smallest absolute Gasteiger partial charge is 0.282 e. The number of amides is 1. The number of nitrogens with zero attached hydrogens (tertiary/aromatic N) is 4. The molecule has 0 spiro atoms. The molecule has 5 aliphatic rings. The van der Waals surface area contributed by atoms with Crippen LogP contribution in [-0.4, -0.2) is 82.8 Å². The molecular formula is C22H33N5O4S. The summed E-state index contributed by atoms with van der Waals surface area (Å²) in [6.45, 7) is 4.38. The second kappa shape index (κ2) is 7.78. The van der Waals surface area contributed by atoms with Gasteiger partial charge in [-0.2, -0.15) is 17.0 Å². The number of nitrogens with one attached hydrogen (secondary N) is 1. The summed E-state index contributed by atoms with van der Waals surface area (Å²) < 4.78 is 36.2. The van der Waals surface area contributed by atoms with Gasteiger partial charge in [-0.05, 0) is 57.9 Å². The Hall–Kier alpha value is -1.49. The van der Waals surface area contributed by atoms with E-state index in [4.69, 9.17) is 4.52 Å². The lowest BCUT2D eigenvalue weighted by Crippen LogP contribution is -2.61. The van der Waals surface area contributed by atoms with Crippen LogP contribution >= 0.6 is 0 Å². The summed E-state index contributed by atoms with van der Waals surface area (Å²) in [5, 5.41) is 7.04. The van der Waals surface area contributed by atoms with Crippen molar-refractivity contribution < 1.29 is 17.7 Å². The van der Waals surface area contributed by atoms with Crippen molar-refractivity contribution in [3.05, 3.63) is 17.5 Å². The molecule has 32 heavy (non-hydrogen) atoms. The molecule has 4 bridgehead atoms. The van der Waals surface area contributed by atoms with Crippen molar-refractivity contribution in [1.29, 1.82) is 0 Å². The van der Waals surface area contributed by atoms with Crippen LogP contribution in [0.4, 0.5) is 0 Å². The van der Waals surface area contributed by atoms with Gasteiger partial charge in [-0.3, -0.25) is 9.69 Å².